The van der Waals surface area contributed by atoms with Gasteiger partial charge in [-0.15, -0.1) is 0 Å². The van der Waals surface area contributed by atoms with Crippen molar-refractivity contribution >= 4 is 34.8 Å². The van der Waals surface area contributed by atoms with E-state index >= 15 is 0 Å². The van der Waals surface area contributed by atoms with Crippen molar-refractivity contribution in [3.63, 3.8) is 0 Å². The van der Waals surface area contributed by atoms with E-state index in [-0.39, 0.29) is 30.2 Å². The molecule has 0 saturated heterocycles. The topological polar surface area (TPSA) is 76.5 Å². The number of hydrogen-bond donors (Lipinski definition) is 1. The molecule has 2 fully saturated rings. The maximum atomic E-state index is 12.6. The molecule has 1 N–H and O–H groups in total. The highest BCUT2D eigenvalue weighted by atomic mass is 35.5. The predicted octanol–water partition coefficient (Wildman–Crippen LogP) is 6.27. The molecule has 2 saturated carbocycles. The Morgan fingerprint density at radius 2 is 1.30 bits per heavy atom. The van der Waals surface area contributed by atoms with Gasteiger partial charge in [-0.25, -0.2) is 0 Å². The fourth-order valence-electron chi connectivity index (χ4n) is 5.08. The largest absolute Gasteiger partial charge is 0.389 e. The molecule has 0 spiro atoms. The zero-order valence-corrected chi connectivity index (χ0v) is 22.2. The van der Waals surface area contributed by atoms with Crippen LogP contribution in [-0.2, 0) is 31.8 Å². The molecule has 1 heterocycles. The average molecular weight is 540 g/mol. The van der Waals surface area contributed by atoms with Crippen molar-refractivity contribution in [3.05, 3.63) is 99.8 Å². The normalized spacial score (nSPS) is 16.9. The Kier molecular flexibility index (Phi) is 9.14. The van der Waals surface area contributed by atoms with E-state index in [0.29, 0.717) is 16.7 Å². The van der Waals surface area contributed by atoms with Gasteiger partial charge >= 0.3 is 0 Å². The molecule has 0 amide bonds. The van der Waals surface area contributed by atoms with Crippen LogP contribution in [0.15, 0.2) is 72.9 Å². The zero-order valence-electron chi connectivity index (χ0n) is 20.7. The minimum atomic E-state index is -0.431. The van der Waals surface area contributed by atoms with Crippen LogP contribution < -0.4 is 0 Å². The first-order valence-electron chi connectivity index (χ1n) is 12.6. The van der Waals surface area contributed by atoms with Crippen LogP contribution in [0.5, 0.6) is 0 Å². The molecule has 0 atom stereocenters. The summed E-state index contributed by atoms with van der Waals surface area (Å²) in [7, 11) is 0. The summed E-state index contributed by atoms with van der Waals surface area (Å²) in [6, 6.07) is 20.6. The maximum Gasteiger partial charge on any atom is 0.168 e. The Balaban J connectivity index is 0.000000186. The minimum absolute atomic E-state index is 0.0731. The maximum absolute atomic E-state index is 12.6. The SMILES string of the molecule is O=C(CO)C1(c2ccc(Cl)cc2)CCC1.O=C(COCc1ccccn1)C1(c2ccc(Cl)cc2)CCC1. The van der Waals surface area contributed by atoms with Gasteiger partial charge in [0, 0.05) is 16.2 Å². The van der Waals surface area contributed by atoms with Crippen molar-refractivity contribution in [3.8, 4) is 0 Å². The molecule has 1 aromatic heterocycles. The van der Waals surface area contributed by atoms with E-state index in [2.05, 4.69) is 4.98 Å². The summed E-state index contributed by atoms with van der Waals surface area (Å²) in [5.74, 6) is 0.0769. The van der Waals surface area contributed by atoms with Crippen molar-refractivity contribution < 1.29 is 19.4 Å². The predicted molar refractivity (Wildman–Crippen MR) is 145 cm³/mol. The van der Waals surface area contributed by atoms with Gasteiger partial charge in [0.1, 0.15) is 13.2 Å². The molecule has 2 aliphatic rings. The second kappa shape index (κ2) is 12.3. The summed E-state index contributed by atoms with van der Waals surface area (Å²) < 4.78 is 5.57. The lowest BCUT2D eigenvalue weighted by Gasteiger charge is -2.40. The van der Waals surface area contributed by atoms with Gasteiger partial charge < -0.3 is 9.84 Å². The van der Waals surface area contributed by atoms with E-state index in [4.69, 9.17) is 33.0 Å². The summed E-state index contributed by atoms with van der Waals surface area (Å²) >= 11 is 11.7. The average Bonchev–Trinajstić information content (AvgIpc) is 2.86. The Morgan fingerprint density at radius 1 is 0.784 bits per heavy atom. The number of nitrogens with zero attached hydrogens (tertiary/aromatic N) is 1. The number of benzene rings is 2. The van der Waals surface area contributed by atoms with Crippen LogP contribution in [-0.4, -0.2) is 34.9 Å². The van der Waals surface area contributed by atoms with E-state index in [0.717, 1.165) is 55.3 Å². The Hall–Kier alpha value is -2.57. The van der Waals surface area contributed by atoms with Gasteiger partial charge in [-0.3, -0.25) is 14.6 Å². The van der Waals surface area contributed by atoms with Crippen molar-refractivity contribution in [2.45, 2.75) is 56.0 Å². The number of ketones is 2. The number of rotatable bonds is 9. The van der Waals surface area contributed by atoms with Crippen LogP contribution in [0.4, 0.5) is 0 Å². The van der Waals surface area contributed by atoms with Gasteiger partial charge in [0.15, 0.2) is 11.6 Å². The lowest BCUT2D eigenvalue weighted by atomic mass is 9.62. The van der Waals surface area contributed by atoms with Gasteiger partial charge in [0.2, 0.25) is 0 Å². The quantitative estimate of drug-likeness (QED) is 0.347. The minimum Gasteiger partial charge on any atom is -0.389 e. The number of aliphatic hydroxyl groups excluding tert-OH is 1. The Labute approximate surface area is 227 Å². The molecule has 194 valence electrons. The van der Waals surface area contributed by atoms with E-state index in [9.17, 15) is 9.59 Å². The molecule has 0 aliphatic heterocycles. The number of carbonyl (C=O) groups excluding carboxylic acids is 2. The Bertz CT molecular complexity index is 1190. The molecule has 5 nitrogen and oxygen atoms in total. The third-order valence-corrected chi connectivity index (χ3v) is 8.13. The molecular weight excluding hydrogens is 509 g/mol. The zero-order chi connectivity index (χ0) is 26.3. The Morgan fingerprint density at radius 3 is 1.70 bits per heavy atom. The molecule has 0 unspecified atom stereocenters. The van der Waals surface area contributed by atoms with Crippen molar-refractivity contribution in [1.29, 1.82) is 0 Å². The third kappa shape index (κ3) is 6.12. The van der Waals surface area contributed by atoms with Crippen LogP contribution in [0.2, 0.25) is 10.0 Å². The molecule has 3 aromatic rings. The first kappa shape index (κ1) is 27.5. The smallest absolute Gasteiger partial charge is 0.168 e. The van der Waals surface area contributed by atoms with Gasteiger partial charge in [0.25, 0.3) is 0 Å². The molecule has 0 bridgehead atoms. The summed E-state index contributed by atoms with van der Waals surface area (Å²) in [5, 5.41) is 10.3. The van der Waals surface area contributed by atoms with Crippen LogP contribution in [0.25, 0.3) is 0 Å². The lowest BCUT2D eigenvalue weighted by Crippen LogP contribution is -2.44. The highest BCUT2D eigenvalue weighted by Crippen LogP contribution is 2.45. The molecule has 37 heavy (non-hydrogen) atoms. The number of aromatic nitrogens is 1. The molecule has 7 heteroatoms. The van der Waals surface area contributed by atoms with Crippen molar-refractivity contribution in [2.75, 3.05) is 13.2 Å². The van der Waals surface area contributed by atoms with Crippen LogP contribution in [0.1, 0.15) is 55.3 Å². The van der Waals surface area contributed by atoms with Crippen LogP contribution >= 0.6 is 23.2 Å². The third-order valence-electron chi connectivity index (χ3n) is 7.63. The number of Topliss-reactive ketones (excluding diaryl/α,β-unsaturated/α-hetero) is 2. The van der Waals surface area contributed by atoms with Gasteiger partial charge in [-0.2, -0.15) is 0 Å². The summed E-state index contributed by atoms with van der Waals surface area (Å²) in [4.78, 5) is 28.6. The lowest BCUT2D eigenvalue weighted by molar-refractivity contribution is -0.133. The summed E-state index contributed by atoms with van der Waals surface area (Å²) in [6.45, 7) is 0.116. The van der Waals surface area contributed by atoms with Gasteiger partial charge in [-0.05, 0) is 73.2 Å². The fourth-order valence-corrected chi connectivity index (χ4v) is 5.33. The monoisotopic (exact) mass is 539 g/mol. The van der Waals surface area contributed by atoms with E-state index in [1.165, 1.54) is 0 Å². The van der Waals surface area contributed by atoms with Gasteiger partial charge in [0.05, 0.1) is 23.1 Å². The fraction of sp³-hybridized carbons (Fsp3) is 0.367. The van der Waals surface area contributed by atoms with Crippen molar-refractivity contribution in [1.82, 2.24) is 4.98 Å². The van der Waals surface area contributed by atoms with Crippen LogP contribution in [0, 0.1) is 0 Å². The first-order chi connectivity index (χ1) is 17.9. The molecule has 0 radical (unpaired) electrons. The number of aliphatic hydroxyl groups is 1. The highest BCUT2D eigenvalue weighted by Gasteiger charge is 2.45. The summed E-state index contributed by atoms with van der Waals surface area (Å²) in [5.41, 5.74) is 2.06. The molecular formula is C30H31Cl2NO4. The number of pyridine rings is 1. The molecule has 5 rings (SSSR count). The van der Waals surface area contributed by atoms with Gasteiger partial charge in [-0.1, -0.05) is 66.4 Å². The number of carbonyl (C=O) groups is 2. The molecule has 2 aromatic carbocycles. The first-order valence-corrected chi connectivity index (χ1v) is 13.3. The number of ether oxygens (including phenoxy) is 1. The summed E-state index contributed by atoms with van der Waals surface area (Å²) in [6.07, 6.45) is 7.31. The number of hydrogen-bond acceptors (Lipinski definition) is 5. The van der Waals surface area contributed by atoms with E-state index < -0.39 is 5.41 Å². The van der Waals surface area contributed by atoms with Crippen molar-refractivity contribution in [2.24, 2.45) is 0 Å². The van der Waals surface area contributed by atoms with E-state index in [1.807, 2.05) is 54.6 Å². The second-order valence-corrected chi connectivity index (χ2v) is 10.6. The van der Waals surface area contributed by atoms with Crippen LogP contribution in [0.3, 0.4) is 0 Å². The standard InChI is InChI=1S/C18H18ClNO2.C12H13ClO2/c19-15-7-5-14(6-8-15)18(9-3-10-18)17(21)13-22-12-16-4-1-2-11-20-16;13-10-4-2-9(3-5-10)12(6-1-7-12)11(15)8-14/h1-2,4-8,11H,3,9-10,12-13H2;2-5,14H,1,6-8H2. The highest BCUT2D eigenvalue weighted by molar-refractivity contribution is 6.30. The van der Waals surface area contributed by atoms with E-state index in [1.54, 1.807) is 18.3 Å². The second-order valence-electron chi connectivity index (χ2n) is 9.70. The number of halogens is 2. The molecule has 2 aliphatic carbocycles.